The fourth-order valence-corrected chi connectivity index (χ4v) is 2.71. The molecule has 1 heterocycles. The van der Waals surface area contributed by atoms with E-state index < -0.39 is 64.2 Å². The van der Waals surface area contributed by atoms with Crippen LogP contribution in [0.25, 0.3) is 0 Å². The predicted molar refractivity (Wildman–Crippen MR) is 50.2 cm³/mol. The van der Waals surface area contributed by atoms with Crippen molar-refractivity contribution in [2.45, 2.75) is 59.3 Å². The molecule has 2 fully saturated rings. The Hall–Kier alpha value is -1.37. The molecule has 1 nitrogen and oxygen atoms in total. The van der Waals surface area contributed by atoms with Gasteiger partial charge in [-0.05, 0) is 0 Å². The van der Waals surface area contributed by atoms with E-state index >= 15 is 0 Å². The van der Waals surface area contributed by atoms with Gasteiger partial charge in [0.25, 0.3) is 0 Å². The summed E-state index contributed by atoms with van der Waals surface area (Å²) >= 11 is 0. The summed E-state index contributed by atoms with van der Waals surface area (Å²) in [6.45, 7) is 0. The summed E-state index contributed by atoms with van der Waals surface area (Å²) in [6.07, 6.45) is 0. The van der Waals surface area contributed by atoms with Crippen molar-refractivity contribution >= 4 is 0 Å². The summed E-state index contributed by atoms with van der Waals surface area (Å²) in [6, 6.07) is -16.6. The van der Waals surface area contributed by atoms with E-state index in [0.717, 1.165) is 0 Å². The van der Waals surface area contributed by atoms with Crippen LogP contribution in [-0.2, 0) is 0 Å². The van der Waals surface area contributed by atoms with E-state index in [2.05, 4.69) is 0 Å². The Morgan fingerprint density at radius 1 is 0.267 bits per heavy atom. The molecule has 1 aliphatic heterocycles. The molecule has 0 amide bonds. The highest BCUT2D eigenvalue weighted by atomic mass is 19.4. The van der Waals surface area contributed by atoms with Crippen molar-refractivity contribution in [2.75, 3.05) is 0 Å². The Kier molecular flexibility index (Phi) is 4.28. The zero-order valence-electron chi connectivity index (χ0n) is 12.6. The highest BCUT2D eigenvalue weighted by Crippen LogP contribution is 2.75. The van der Waals surface area contributed by atoms with Crippen molar-refractivity contribution in [1.82, 2.24) is 4.90 Å². The molecule has 0 aromatic rings. The van der Waals surface area contributed by atoms with E-state index in [4.69, 9.17) is 0 Å². The molecule has 178 valence electrons. The van der Waals surface area contributed by atoms with Gasteiger partial charge in [0.15, 0.2) is 0 Å². The minimum Gasteiger partial charge on any atom is -0.212 e. The highest BCUT2D eigenvalue weighted by Gasteiger charge is 3.08. The van der Waals surface area contributed by atoms with Gasteiger partial charge in [-0.2, -0.15) is 79.0 Å². The molecule has 1 aliphatic carbocycles. The molecule has 0 aromatic carbocycles. The molecule has 2 rings (SSSR count). The first kappa shape index (κ1) is 24.9. The number of rotatable bonds is 1. The van der Waals surface area contributed by atoms with Crippen LogP contribution in [0.15, 0.2) is 0 Å². The Labute approximate surface area is 149 Å². The fourth-order valence-electron chi connectivity index (χ4n) is 2.71. The fraction of sp³-hybridized carbons (Fsp3) is 1.00. The van der Waals surface area contributed by atoms with Crippen molar-refractivity contribution in [3.63, 3.8) is 0 Å². The quantitative estimate of drug-likeness (QED) is 0.338. The molecule has 0 spiro atoms. The Balaban J connectivity index is 3.07. The van der Waals surface area contributed by atoms with E-state index in [-0.39, 0.29) is 0 Å². The van der Waals surface area contributed by atoms with Gasteiger partial charge < -0.3 is 0 Å². The maximum atomic E-state index is 14.3. The first-order valence-electron chi connectivity index (χ1n) is 6.51. The van der Waals surface area contributed by atoms with Crippen molar-refractivity contribution in [2.24, 2.45) is 0 Å². The third kappa shape index (κ3) is 1.84. The lowest BCUT2D eigenvalue weighted by molar-refractivity contribution is -0.544. The number of hydrogen-bond donors (Lipinski definition) is 0. The van der Waals surface area contributed by atoms with E-state index in [1.165, 1.54) is 0 Å². The van der Waals surface area contributed by atoms with Crippen molar-refractivity contribution in [1.29, 1.82) is 0 Å². The standard InChI is InChI=1S/C10F19N/c11-1(12)2(13,14)5(19,20)8(25,4(1,17)18)30-9(26,27)6(21,22)3(15,16)7(23,24)10(30,28)29. The van der Waals surface area contributed by atoms with Crippen molar-refractivity contribution < 1.29 is 83.4 Å². The SMILES string of the molecule is FC1(F)N(C2(F)C(F)(F)C(F)(F)C(F)(F)C2(F)F)C(F)(F)C(F)(F)C(F)(F)C1(F)F. The largest absolute Gasteiger partial charge is 0.393 e. The molecule has 0 atom stereocenters. The second-order valence-electron chi connectivity index (χ2n) is 6.06. The Bertz CT molecular complexity index is 692. The van der Waals surface area contributed by atoms with Crippen LogP contribution in [0, 0.1) is 0 Å². The Morgan fingerprint density at radius 2 is 0.467 bits per heavy atom. The van der Waals surface area contributed by atoms with Gasteiger partial charge in [0.1, 0.15) is 0 Å². The molecule has 0 bridgehead atoms. The van der Waals surface area contributed by atoms with Gasteiger partial charge in [-0.25, -0.2) is 4.39 Å². The predicted octanol–water partition coefficient (Wildman–Crippen LogP) is 5.61. The second-order valence-corrected chi connectivity index (χ2v) is 6.06. The summed E-state index contributed by atoms with van der Waals surface area (Å²) in [5.74, 6) is -65.2. The molecule has 20 heteroatoms. The number of likely N-dealkylation sites (tertiary alicyclic amines) is 1. The zero-order valence-corrected chi connectivity index (χ0v) is 12.6. The van der Waals surface area contributed by atoms with Gasteiger partial charge in [0.05, 0.1) is 0 Å². The summed E-state index contributed by atoms with van der Waals surface area (Å²) in [4.78, 5) is -4.74. The minimum absolute atomic E-state index is 4.74. The molecule has 1 saturated heterocycles. The summed E-state index contributed by atoms with van der Waals surface area (Å²) < 4.78 is 253. The maximum Gasteiger partial charge on any atom is 0.393 e. The van der Waals surface area contributed by atoms with Crippen LogP contribution in [0.2, 0.25) is 0 Å². The van der Waals surface area contributed by atoms with Gasteiger partial charge in [-0.1, -0.05) is 0 Å². The summed E-state index contributed by atoms with van der Waals surface area (Å²) in [5, 5.41) is 0. The molecule has 1 saturated carbocycles. The zero-order chi connectivity index (χ0) is 24.6. The van der Waals surface area contributed by atoms with Gasteiger partial charge in [0.2, 0.25) is 0 Å². The van der Waals surface area contributed by atoms with Crippen LogP contribution in [0.4, 0.5) is 83.4 Å². The van der Waals surface area contributed by atoms with Crippen LogP contribution in [-0.4, -0.2) is 64.2 Å². The first-order valence-corrected chi connectivity index (χ1v) is 6.51. The molecule has 0 radical (unpaired) electrons. The van der Waals surface area contributed by atoms with Crippen LogP contribution >= 0.6 is 0 Å². The third-order valence-corrected chi connectivity index (χ3v) is 4.43. The topological polar surface area (TPSA) is 3.24 Å². The van der Waals surface area contributed by atoms with Gasteiger partial charge in [-0.3, -0.25) is 0 Å². The van der Waals surface area contributed by atoms with Gasteiger partial charge in [-0.15, -0.1) is 4.90 Å². The van der Waals surface area contributed by atoms with Crippen LogP contribution in [0.1, 0.15) is 0 Å². The van der Waals surface area contributed by atoms with Crippen LogP contribution < -0.4 is 0 Å². The number of nitrogens with zero attached hydrogens (tertiary/aromatic N) is 1. The number of halogens is 19. The second kappa shape index (κ2) is 5.16. The lowest BCUT2D eigenvalue weighted by atomic mass is 9.89. The van der Waals surface area contributed by atoms with E-state index in [1.54, 1.807) is 0 Å². The third-order valence-electron chi connectivity index (χ3n) is 4.43. The number of alkyl halides is 19. The monoisotopic (exact) mass is 495 g/mol. The minimum atomic E-state index is -8.45. The van der Waals surface area contributed by atoms with E-state index in [1.807, 2.05) is 0 Å². The van der Waals surface area contributed by atoms with Gasteiger partial charge >= 0.3 is 59.3 Å². The molecule has 2 aliphatic rings. The average molecular weight is 495 g/mol. The first-order chi connectivity index (χ1) is 12.6. The van der Waals surface area contributed by atoms with Gasteiger partial charge in [0, 0.05) is 0 Å². The highest BCUT2D eigenvalue weighted by molar-refractivity contribution is 5.30. The van der Waals surface area contributed by atoms with E-state index in [0.29, 0.717) is 0 Å². The molecule has 0 unspecified atom stereocenters. The van der Waals surface area contributed by atoms with Crippen LogP contribution in [0.5, 0.6) is 0 Å². The normalized spacial score (nSPS) is 35.7. The molecular formula is C10F19N. The number of hydrogen-bond acceptors (Lipinski definition) is 1. The lowest BCUT2D eigenvalue weighted by Gasteiger charge is -2.55. The van der Waals surface area contributed by atoms with E-state index in [9.17, 15) is 83.4 Å². The summed E-state index contributed by atoms with van der Waals surface area (Å²) in [5.41, 5.74) is 0. The molecular weight excluding hydrogens is 495 g/mol. The summed E-state index contributed by atoms with van der Waals surface area (Å²) in [7, 11) is 0. The van der Waals surface area contributed by atoms with Crippen molar-refractivity contribution in [3.8, 4) is 0 Å². The molecule has 0 N–H and O–H groups in total. The average Bonchev–Trinajstić information content (AvgIpc) is 2.55. The number of piperidine rings is 1. The maximum absolute atomic E-state index is 14.3. The van der Waals surface area contributed by atoms with Crippen LogP contribution in [0.3, 0.4) is 0 Å². The van der Waals surface area contributed by atoms with Crippen molar-refractivity contribution in [3.05, 3.63) is 0 Å². The molecule has 30 heavy (non-hydrogen) atoms. The Morgan fingerprint density at radius 3 is 0.700 bits per heavy atom. The lowest BCUT2D eigenvalue weighted by Crippen LogP contribution is -2.87. The molecule has 0 aromatic heterocycles. The smallest absolute Gasteiger partial charge is 0.212 e.